The molecule has 1 aromatic rings. The maximum Gasteiger partial charge on any atom is 0.260 e. The molecule has 126 valence electrons. The lowest BCUT2D eigenvalue weighted by molar-refractivity contribution is -0.134. The summed E-state index contributed by atoms with van der Waals surface area (Å²) in [6, 6.07) is 5.33. The standard InChI is InChI=1S/C18H23Cl2NO2/c1-17(2)7-14-8-18(3,10-17)11-21(14)16(22)9-23-15-5-12(19)4-13(20)6-15/h4-6,14H,7-11H2,1-3H3/t14-,18-/m0/s1. The zero-order valence-electron chi connectivity index (χ0n) is 13.9. The van der Waals surface area contributed by atoms with Gasteiger partial charge in [0, 0.05) is 22.6 Å². The van der Waals surface area contributed by atoms with Crippen molar-refractivity contribution >= 4 is 29.1 Å². The van der Waals surface area contributed by atoms with Gasteiger partial charge in [0.1, 0.15) is 5.75 Å². The first-order valence-electron chi connectivity index (χ1n) is 8.04. The van der Waals surface area contributed by atoms with E-state index in [1.807, 2.05) is 4.90 Å². The van der Waals surface area contributed by atoms with Crippen LogP contribution in [0.2, 0.25) is 10.0 Å². The molecule has 1 saturated heterocycles. The van der Waals surface area contributed by atoms with Crippen LogP contribution in [0.4, 0.5) is 0 Å². The Morgan fingerprint density at radius 2 is 1.87 bits per heavy atom. The summed E-state index contributed by atoms with van der Waals surface area (Å²) in [4.78, 5) is 14.6. The third kappa shape index (κ3) is 3.77. The SMILES string of the molecule is CC1(C)C[C@H]2C[C@](C)(CN2C(=O)COc2cc(Cl)cc(Cl)c2)C1. The largest absolute Gasteiger partial charge is 0.484 e. The minimum atomic E-state index is 0.0314. The maximum absolute atomic E-state index is 12.6. The topological polar surface area (TPSA) is 29.5 Å². The summed E-state index contributed by atoms with van der Waals surface area (Å²) >= 11 is 11.9. The van der Waals surface area contributed by atoms with E-state index in [1.165, 1.54) is 6.42 Å². The van der Waals surface area contributed by atoms with E-state index < -0.39 is 0 Å². The lowest BCUT2D eigenvalue weighted by Gasteiger charge is -2.39. The van der Waals surface area contributed by atoms with Crippen molar-refractivity contribution in [2.75, 3.05) is 13.2 Å². The van der Waals surface area contributed by atoms with E-state index in [4.69, 9.17) is 27.9 Å². The van der Waals surface area contributed by atoms with Crippen LogP contribution >= 0.6 is 23.2 Å². The van der Waals surface area contributed by atoms with Gasteiger partial charge in [-0.25, -0.2) is 0 Å². The summed E-state index contributed by atoms with van der Waals surface area (Å²) in [5.74, 6) is 0.581. The highest BCUT2D eigenvalue weighted by Crippen LogP contribution is 2.52. The molecule has 5 heteroatoms. The van der Waals surface area contributed by atoms with Crippen LogP contribution in [-0.2, 0) is 4.79 Å². The molecular formula is C18H23Cl2NO2. The minimum absolute atomic E-state index is 0.0314. The van der Waals surface area contributed by atoms with Gasteiger partial charge in [-0.2, -0.15) is 0 Å². The smallest absolute Gasteiger partial charge is 0.260 e. The number of rotatable bonds is 3. The summed E-state index contributed by atoms with van der Waals surface area (Å²) in [5.41, 5.74) is 0.537. The number of amides is 1. The third-order valence-electron chi connectivity index (χ3n) is 4.93. The number of ether oxygens (including phenoxy) is 1. The van der Waals surface area contributed by atoms with Gasteiger partial charge in [0.05, 0.1) is 0 Å². The highest BCUT2D eigenvalue weighted by atomic mass is 35.5. The van der Waals surface area contributed by atoms with Crippen LogP contribution < -0.4 is 4.74 Å². The van der Waals surface area contributed by atoms with Crippen molar-refractivity contribution in [3.05, 3.63) is 28.2 Å². The highest BCUT2D eigenvalue weighted by Gasteiger charge is 2.50. The molecule has 3 nitrogen and oxygen atoms in total. The second kappa shape index (κ2) is 5.86. The Morgan fingerprint density at radius 3 is 2.52 bits per heavy atom. The molecule has 1 amide bonds. The fourth-order valence-corrected chi connectivity index (χ4v) is 5.10. The van der Waals surface area contributed by atoms with Crippen LogP contribution in [0.25, 0.3) is 0 Å². The van der Waals surface area contributed by atoms with E-state index in [0.29, 0.717) is 27.3 Å². The predicted octanol–water partition coefficient (Wildman–Crippen LogP) is 4.80. The van der Waals surface area contributed by atoms with E-state index in [2.05, 4.69) is 20.8 Å². The fraction of sp³-hybridized carbons (Fsp3) is 0.611. The molecule has 2 atom stereocenters. The lowest BCUT2D eigenvalue weighted by atomic mass is 9.65. The van der Waals surface area contributed by atoms with Crippen LogP contribution in [-0.4, -0.2) is 30.0 Å². The molecule has 0 aromatic heterocycles. The lowest BCUT2D eigenvalue weighted by Crippen LogP contribution is -2.40. The first-order chi connectivity index (χ1) is 10.7. The maximum atomic E-state index is 12.6. The van der Waals surface area contributed by atoms with Gasteiger partial charge in [0.25, 0.3) is 5.91 Å². The summed E-state index contributed by atoms with van der Waals surface area (Å²) < 4.78 is 5.62. The van der Waals surface area contributed by atoms with Gasteiger partial charge in [-0.15, -0.1) is 0 Å². The van der Waals surface area contributed by atoms with Crippen LogP contribution in [0.3, 0.4) is 0 Å². The molecule has 1 heterocycles. The number of fused-ring (bicyclic) bond motifs is 2. The molecular weight excluding hydrogens is 333 g/mol. The van der Waals surface area contributed by atoms with Gasteiger partial charge in [-0.3, -0.25) is 4.79 Å². The average molecular weight is 356 g/mol. The molecule has 2 aliphatic rings. The molecule has 2 fully saturated rings. The molecule has 0 spiro atoms. The van der Waals surface area contributed by atoms with Crippen molar-refractivity contribution in [1.29, 1.82) is 0 Å². The summed E-state index contributed by atoms with van der Waals surface area (Å²) in [7, 11) is 0. The Kier molecular flexibility index (Phi) is 4.31. The molecule has 0 unspecified atom stereocenters. The van der Waals surface area contributed by atoms with E-state index in [0.717, 1.165) is 19.4 Å². The minimum Gasteiger partial charge on any atom is -0.484 e. The van der Waals surface area contributed by atoms with Gasteiger partial charge in [0.15, 0.2) is 6.61 Å². The number of carbonyl (C=O) groups excluding carboxylic acids is 1. The first-order valence-corrected chi connectivity index (χ1v) is 8.80. The molecule has 1 saturated carbocycles. The molecule has 1 aliphatic carbocycles. The van der Waals surface area contributed by atoms with Crippen LogP contribution in [0, 0.1) is 10.8 Å². The van der Waals surface area contributed by atoms with Gasteiger partial charge in [-0.1, -0.05) is 44.0 Å². The van der Waals surface area contributed by atoms with Crippen molar-refractivity contribution in [2.45, 2.75) is 46.1 Å². The summed E-state index contributed by atoms with van der Waals surface area (Å²) in [5, 5.41) is 1.01. The number of likely N-dealkylation sites (tertiary alicyclic amines) is 1. The van der Waals surface area contributed by atoms with Crippen molar-refractivity contribution < 1.29 is 9.53 Å². The fourth-order valence-electron chi connectivity index (χ4n) is 4.59. The third-order valence-corrected chi connectivity index (χ3v) is 5.37. The quantitative estimate of drug-likeness (QED) is 0.779. The second-order valence-electron chi connectivity index (χ2n) is 8.13. The first kappa shape index (κ1) is 16.9. The number of hydrogen-bond acceptors (Lipinski definition) is 2. The summed E-state index contributed by atoms with van der Waals surface area (Å²) in [6.07, 6.45) is 3.34. The normalized spacial score (nSPS) is 28.7. The van der Waals surface area contributed by atoms with Crippen molar-refractivity contribution in [1.82, 2.24) is 4.90 Å². The van der Waals surface area contributed by atoms with Gasteiger partial charge in [-0.05, 0) is 48.3 Å². The molecule has 1 aromatic carbocycles. The Morgan fingerprint density at radius 1 is 1.22 bits per heavy atom. The number of carbonyl (C=O) groups is 1. The average Bonchev–Trinajstić information content (AvgIpc) is 2.64. The Balaban J connectivity index is 1.65. The van der Waals surface area contributed by atoms with E-state index in [9.17, 15) is 4.79 Å². The Labute approximate surface area is 147 Å². The molecule has 1 aliphatic heterocycles. The number of halogens is 2. The van der Waals surface area contributed by atoms with E-state index in [1.54, 1.807) is 18.2 Å². The number of nitrogens with zero attached hydrogens (tertiary/aromatic N) is 1. The van der Waals surface area contributed by atoms with Crippen molar-refractivity contribution in [3.8, 4) is 5.75 Å². The number of hydrogen-bond donors (Lipinski definition) is 0. The number of benzene rings is 1. The molecule has 23 heavy (non-hydrogen) atoms. The zero-order chi connectivity index (χ0) is 16.8. The molecule has 3 rings (SSSR count). The van der Waals surface area contributed by atoms with E-state index in [-0.39, 0.29) is 17.9 Å². The summed E-state index contributed by atoms with van der Waals surface area (Å²) in [6.45, 7) is 7.76. The van der Waals surface area contributed by atoms with Gasteiger partial charge >= 0.3 is 0 Å². The van der Waals surface area contributed by atoms with Crippen LogP contribution in [0.5, 0.6) is 5.75 Å². The monoisotopic (exact) mass is 355 g/mol. The zero-order valence-corrected chi connectivity index (χ0v) is 15.4. The van der Waals surface area contributed by atoms with Gasteiger partial charge in [0.2, 0.25) is 0 Å². The molecule has 0 radical (unpaired) electrons. The van der Waals surface area contributed by atoms with Crippen LogP contribution in [0.15, 0.2) is 18.2 Å². The second-order valence-corrected chi connectivity index (χ2v) is 9.00. The van der Waals surface area contributed by atoms with Crippen LogP contribution in [0.1, 0.15) is 40.0 Å². The highest BCUT2D eigenvalue weighted by molar-refractivity contribution is 6.34. The van der Waals surface area contributed by atoms with Crippen molar-refractivity contribution in [2.24, 2.45) is 10.8 Å². The van der Waals surface area contributed by atoms with Gasteiger partial charge < -0.3 is 9.64 Å². The van der Waals surface area contributed by atoms with E-state index >= 15 is 0 Å². The Hall–Kier alpha value is -0.930. The molecule has 0 N–H and O–H groups in total. The Bertz CT molecular complexity index is 611. The predicted molar refractivity (Wildman–Crippen MR) is 93.2 cm³/mol. The molecule has 2 bridgehead atoms. The van der Waals surface area contributed by atoms with Crippen molar-refractivity contribution in [3.63, 3.8) is 0 Å².